The molecule has 0 fully saturated rings. The van der Waals surface area contributed by atoms with E-state index in [1.54, 1.807) is 18.2 Å². The van der Waals surface area contributed by atoms with Gasteiger partial charge in [0.15, 0.2) is 0 Å². The molecule has 1 rings (SSSR count). The number of nitrogens with two attached hydrogens (primary N) is 2. The maximum absolute atomic E-state index is 11.3. The van der Waals surface area contributed by atoms with E-state index in [1.165, 1.54) is 21.1 Å². The zero-order valence-electron chi connectivity index (χ0n) is 9.61. The lowest BCUT2D eigenvalue weighted by Crippen LogP contribution is -2.46. The lowest BCUT2D eigenvalue weighted by atomic mass is 9.91. The smallest absolute Gasteiger partial charge is 0.241 e. The van der Waals surface area contributed by atoms with Crippen molar-refractivity contribution < 1.29 is 14.3 Å². The minimum absolute atomic E-state index is 0.502. The quantitative estimate of drug-likeness (QED) is 0.773. The Morgan fingerprint density at radius 3 is 2.38 bits per heavy atom. The molecule has 5 heteroatoms. The van der Waals surface area contributed by atoms with Crippen LogP contribution < -0.4 is 20.9 Å². The van der Waals surface area contributed by atoms with Gasteiger partial charge in [-0.2, -0.15) is 0 Å². The van der Waals surface area contributed by atoms with Crippen LogP contribution in [0.1, 0.15) is 12.5 Å². The van der Waals surface area contributed by atoms with Crippen molar-refractivity contribution in [3.63, 3.8) is 0 Å². The molecule has 0 aliphatic rings. The number of hydrogen-bond donors (Lipinski definition) is 2. The number of rotatable bonds is 4. The number of hydrogen-bond acceptors (Lipinski definition) is 4. The van der Waals surface area contributed by atoms with E-state index in [4.69, 9.17) is 20.9 Å². The molecule has 0 aliphatic heterocycles. The largest absolute Gasteiger partial charge is 0.497 e. The van der Waals surface area contributed by atoms with Crippen molar-refractivity contribution in [3.05, 3.63) is 23.8 Å². The van der Waals surface area contributed by atoms with E-state index in [2.05, 4.69) is 0 Å². The lowest BCUT2D eigenvalue weighted by molar-refractivity contribution is -0.122. The summed E-state index contributed by atoms with van der Waals surface area (Å²) in [5.74, 6) is 0.470. The third kappa shape index (κ3) is 2.09. The fourth-order valence-electron chi connectivity index (χ4n) is 1.35. The number of benzene rings is 1. The Balaban J connectivity index is 3.34. The zero-order chi connectivity index (χ0) is 12.3. The second kappa shape index (κ2) is 4.40. The minimum atomic E-state index is -1.29. The Hall–Kier alpha value is -1.75. The summed E-state index contributed by atoms with van der Waals surface area (Å²) in [4.78, 5) is 11.3. The molecule has 0 heterocycles. The van der Waals surface area contributed by atoms with Gasteiger partial charge in [0.2, 0.25) is 5.91 Å². The van der Waals surface area contributed by atoms with Crippen LogP contribution in [0, 0.1) is 0 Å². The first-order valence-electron chi connectivity index (χ1n) is 4.74. The molecule has 0 saturated heterocycles. The van der Waals surface area contributed by atoms with Gasteiger partial charge >= 0.3 is 0 Å². The third-order valence-electron chi connectivity index (χ3n) is 2.48. The minimum Gasteiger partial charge on any atom is -0.497 e. The van der Waals surface area contributed by atoms with Crippen molar-refractivity contribution in [1.29, 1.82) is 0 Å². The molecule has 1 amide bonds. The van der Waals surface area contributed by atoms with Crippen LogP contribution in [0.4, 0.5) is 0 Å². The number of carbonyl (C=O) groups excluding carboxylic acids is 1. The number of methoxy groups -OCH3 is 2. The first kappa shape index (κ1) is 12.3. The van der Waals surface area contributed by atoms with Crippen LogP contribution >= 0.6 is 0 Å². The molecular formula is C11H16N2O3. The average Bonchev–Trinajstić information content (AvgIpc) is 2.27. The summed E-state index contributed by atoms with van der Waals surface area (Å²) in [7, 11) is 3.03. The van der Waals surface area contributed by atoms with Crippen LogP contribution in [0.2, 0.25) is 0 Å². The van der Waals surface area contributed by atoms with Gasteiger partial charge in [0.1, 0.15) is 17.0 Å². The van der Waals surface area contributed by atoms with E-state index in [1.807, 2.05) is 0 Å². The highest BCUT2D eigenvalue weighted by Gasteiger charge is 2.31. The van der Waals surface area contributed by atoms with Crippen molar-refractivity contribution in [1.82, 2.24) is 0 Å². The molecule has 1 aromatic carbocycles. The van der Waals surface area contributed by atoms with Gasteiger partial charge in [0, 0.05) is 5.56 Å². The summed E-state index contributed by atoms with van der Waals surface area (Å²) in [6, 6.07) is 5.05. The molecule has 5 nitrogen and oxygen atoms in total. The maximum Gasteiger partial charge on any atom is 0.241 e. The van der Waals surface area contributed by atoms with Gasteiger partial charge in [-0.25, -0.2) is 0 Å². The molecule has 1 unspecified atom stereocenters. The number of carbonyl (C=O) groups is 1. The summed E-state index contributed by atoms with van der Waals surface area (Å²) in [5.41, 5.74) is 10.3. The maximum atomic E-state index is 11.3. The van der Waals surface area contributed by atoms with Crippen LogP contribution in [0.15, 0.2) is 18.2 Å². The first-order chi connectivity index (χ1) is 7.43. The van der Waals surface area contributed by atoms with Crippen molar-refractivity contribution in [2.24, 2.45) is 11.5 Å². The molecule has 0 spiro atoms. The molecule has 1 atom stereocenters. The second-order valence-electron chi connectivity index (χ2n) is 3.63. The van der Waals surface area contributed by atoms with Crippen LogP contribution in [0.25, 0.3) is 0 Å². The molecule has 0 bridgehead atoms. The van der Waals surface area contributed by atoms with Crippen LogP contribution in [0.3, 0.4) is 0 Å². The average molecular weight is 224 g/mol. The second-order valence-corrected chi connectivity index (χ2v) is 3.63. The SMILES string of the molecule is COc1ccc(OC)c(C(C)(N)C(N)=O)c1. The highest BCUT2D eigenvalue weighted by atomic mass is 16.5. The van der Waals surface area contributed by atoms with Gasteiger partial charge in [-0.3, -0.25) is 4.79 Å². The van der Waals surface area contributed by atoms with Crippen molar-refractivity contribution in [3.8, 4) is 11.5 Å². The van der Waals surface area contributed by atoms with E-state index >= 15 is 0 Å². The van der Waals surface area contributed by atoms with E-state index < -0.39 is 11.4 Å². The van der Waals surface area contributed by atoms with Crippen molar-refractivity contribution in [2.45, 2.75) is 12.5 Å². The predicted molar refractivity (Wildman–Crippen MR) is 60.3 cm³/mol. The summed E-state index contributed by atoms with van der Waals surface area (Å²) in [5, 5.41) is 0. The molecule has 0 aromatic heterocycles. The Bertz CT molecular complexity index is 402. The molecule has 16 heavy (non-hydrogen) atoms. The molecule has 0 radical (unpaired) electrons. The molecule has 0 saturated carbocycles. The Kier molecular flexibility index (Phi) is 3.39. The van der Waals surface area contributed by atoms with Crippen molar-refractivity contribution in [2.75, 3.05) is 14.2 Å². The monoisotopic (exact) mass is 224 g/mol. The topological polar surface area (TPSA) is 87.6 Å². The highest BCUT2D eigenvalue weighted by molar-refractivity contribution is 5.86. The molecule has 88 valence electrons. The Morgan fingerprint density at radius 1 is 1.31 bits per heavy atom. The van der Waals surface area contributed by atoms with Gasteiger partial charge in [-0.05, 0) is 25.1 Å². The first-order valence-corrected chi connectivity index (χ1v) is 4.74. The van der Waals surface area contributed by atoms with Gasteiger partial charge < -0.3 is 20.9 Å². The number of ether oxygens (including phenoxy) is 2. The van der Waals surface area contributed by atoms with E-state index in [0.717, 1.165) is 0 Å². The van der Waals surface area contributed by atoms with Crippen molar-refractivity contribution >= 4 is 5.91 Å². The van der Waals surface area contributed by atoms with Crippen LogP contribution in [-0.4, -0.2) is 20.1 Å². The fourth-order valence-corrected chi connectivity index (χ4v) is 1.35. The van der Waals surface area contributed by atoms with Crippen LogP contribution in [-0.2, 0) is 10.3 Å². The molecule has 1 aromatic rings. The molecular weight excluding hydrogens is 208 g/mol. The van der Waals surface area contributed by atoms with E-state index in [0.29, 0.717) is 17.1 Å². The van der Waals surface area contributed by atoms with Gasteiger partial charge in [0.05, 0.1) is 14.2 Å². The lowest BCUT2D eigenvalue weighted by Gasteiger charge is -2.23. The highest BCUT2D eigenvalue weighted by Crippen LogP contribution is 2.31. The summed E-state index contributed by atoms with van der Waals surface area (Å²) >= 11 is 0. The van der Waals surface area contributed by atoms with Crippen LogP contribution in [0.5, 0.6) is 11.5 Å². The fraction of sp³-hybridized carbons (Fsp3) is 0.364. The zero-order valence-corrected chi connectivity index (χ0v) is 9.61. The summed E-state index contributed by atoms with van der Waals surface area (Å²) in [6.45, 7) is 1.53. The molecule has 4 N–H and O–H groups in total. The van der Waals surface area contributed by atoms with Gasteiger partial charge in [0.25, 0.3) is 0 Å². The van der Waals surface area contributed by atoms with E-state index in [9.17, 15) is 4.79 Å². The summed E-state index contributed by atoms with van der Waals surface area (Å²) in [6.07, 6.45) is 0. The Morgan fingerprint density at radius 2 is 1.94 bits per heavy atom. The number of primary amides is 1. The normalized spacial score (nSPS) is 14.0. The molecule has 0 aliphatic carbocycles. The summed E-state index contributed by atoms with van der Waals surface area (Å²) < 4.78 is 10.2. The van der Waals surface area contributed by atoms with Gasteiger partial charge in [-0.15, -0.1) is 0 Å². The third-order valence-corrected chi connectivity index (χ3v) is 2.48. The van der Waals surface area contributed by atoms with Gasteiger partial charge in [-0.1, -0.05) is 0 Å². The van der Waals surface area contributed by atoms with E-state index in [-0.39, 0.29) is 0 Å². The number of amides is 1. The standard InChI is InChI=1S/C11H16N2O3/c1-11(13,10(12)14)8-6-7(15-2)4-5-9(8)16-3/h4-6H,13H2,1-3H3,(H2,12,14). The Labute approximate surface area is 94.3 Å². The predicted octanol–water partition coefficient (Wildman–Crippen LogP) is 0.363.